The number of nitrogens with one attached hydrogen (secondary N) is 4. The Labute approximate surface area is 212 Å². The van der Waals surface area contributed by atoms with Crippen molar-refractivity contribution < 1.29 is 19.2 Å². The van der Waals surface area contributed by atoms with Crippen LogP contribution in [0.15, 0.2) is 61.7 Å². The Hall–Kier alpha value is -4.74. The van der Waals surface area contributed by atoms with Gasteiger partial charge in [0.2, 0.25) is 11.8 Å². The number of aromatic nitrogens is 3. The first kappa shape index (κ1) is 25.4. The van der Waals surface area contributed by atoms with Crippen LogP contribution in [0.25, 0.3) is 10.9 Å². The van der Waals surface area contributed by atoms with Gasteiger partial charge >= 0.3 is 6.03 Å². The van der Waals surface area contributed by atoms with Gasteiger partial charge in [0.05, 0.1) is 12.2 Å². The molecule has 3 heterocycles. The molecular weight excluding hydrogens is 476 g/mol. The van der Waals surface area contributed by atoms with Gasteiger partial charge in [-0.2, -0.15) is 0 Å². The fraction of sp³-hybridized carbons (Fsp3) is 0.280. The Balaban J connectivity index is 1.56. The van der Waals surface area contributed by atoms with Crippen molar-refractivity contribution in [3.8, 4) is 0 Å². The molecule has 1 saturated heterocycles. The average Bonchev–Trinajstić information content (AvgIpc) is 3.51. The summed E-state index contributed by atoms with van der Waals surface area (Å²) in [5.74, 6) is -1.86. The Morgan fingerprint density at radius 3 is 2.78 bits per heavy atom. The minimum Gasteiger partial charge on any atom is -0.368 e. The molecule has 0 spiro atoms. The van der Waals surface area contributed by atoms with Crippen molar-refractivity contribution in [2.45, 2.75) is 31.0 Å². The van der Waals surface area contributed by atoms with Gasteiger partial charge in [-0.05, 0) is 18.1 Å². The maximum atomic E-state index is 13.6. The van der Waals surface area contributed by atoms with E-state index in [1.807, 2.05) is 24.3 Å². The summed E-state index contributed by atoms with van der Waals surface area (Å²) < 4.78 is 0. The number of nitrogens with zero attached hydrogens (tertiary/aromatic N) is 3. The molecule has 5 amide bonds. The van der Waals surface area contributed by atoms with Crippen LogP contribution >= 0.6 is 0 Å². The second-order valence-corrected chi connectivity index (χ2v) is 8.60. The van der Waals surface area contributed by atoms with Crippen molar-refractivity contribution >= 4 is 34.7 Å². The molecule has 4 rings (SSSR count). The number of benzene rings is 1. The molecule has 12 heteroatoms. The highest BCUT2D eigenvalue weighted by molar-refractivity contribution is 5.98. The number of H-pyrrole nitrogens is 1. The van der Waals surface area contributed by atoms with E-state index in [0.29, 0.717) is 6.42 Å². The minimum atomic E-state index is -1.10. The molecule has 3 aromatic rings. The summed E-state index contributed by atoms with van der Waals surface area (Å²) in [5.41, 5.74) is 7.40. The van der Waals surface area contributed by atoms with Crippen molar-refractivity contribution in [3.63, 3.8) is 0 Å². The number of para-hydroxylation sites is 1. The summed E-state index contributed by atoms with van der Waals surface area (Å²) in [7, 11) is 0. The zero-order valence-electron chi connectivity index (χ0n) is 20.0. The van der Waals surface area contributed by atoms with Crippen LogP contribution in [0.1, 0.15) is 22.5 Å². The summed E-state index contributed by atoms with van der Waals surface area (Å²) in [6.45, 7) is 3.97. The molecule has 192 valence electrons. The largest absolute Gasteiger partial charge is 0.368 e. The lowest BCUT2D eigenvalue weighted by atomic mass is 10.0. The SMILES string of the molecule is C=CCNC(=O)NC1CCN(C(=O)c2cnccn2)C1C(=O)NC(Cc1c[nH]c2ccccc12)C(N)=O. The number of likely N-dealkylation sites (tertiary alicyclic amines) is 1. The third-order valence-electron chi connectivity index (χ3n) is 6.19. The molecule has 37 heavy (non-hydrogen) atoms. The highest BCUT2D eigenvalue weighted by Gasteiger charge is 2.44. The maximum absolute atomic E-state index is 13.6. The average molecular weight is 505 g/mol. The molecule has 0 aliphatic carbocycles. The summed E-state index contributed by atoms with van der Waals surface area (Å²) in [6.07, 6.45) is 7.86. The fourth-order valence-electron chi connectivity index (χ4n) is 4.44. The Morgan fingerprint density at radius 1 is 1.24 bits per heavy atom. The number of amides is 5. The van der Waals surface area contributed by atoms with E-state index in [4.69, 9.17) is 5.73 Å². The van der Waals surface area contributed by atoms with Crippen LogP contribution in [0.3, 0.4) is 0 Å². The van der Waals surface area contributed by atoms with Gasteiger partial charge in [-0.1, -0.05) is 24.3 Å². The van der Waals surface area contributed by atoms with Gasteiger partial charge in [0, 0.05) is 49.0 Å². The number of aromatic amines is 1. The van der Waals surface area contributed by atoms with E-state index in [1.54, 1.807) is 6.20 Å². The normalized spacial score (nSPS) is 17.7. The standard InChI is InChI=1S/C25H28N8O4/c1-2-8-29-25(37)32-18-7-11-33(24(36)20-14-27-9-10-28-20)21(18)23(35)31-19(22(26)34)12-15-13-30-17-6-4-3-5-16(15)17/h2-6,9-10,13-14,18-19,21,30H,1,7-8,11-12H2,(H2,26,34)(H,31,35)(H2,29,32,37). The molecule has 1 aromatic carbocycles. The van der Waals surface area contributed by atoms with Gasteiger partial charge in [-0.3, -0.25) is 19.4 Å². The number of urea groups is 1. The van der Waals surface area contributed by atoms with Crippen molar-refractivity contribution in [1.82, 2.24) is 35.8 Å². The number of primary amides is 1. The van der Waals surface area contributed by atoms with Crippen LogP contribution in [0, 0.1) is 0 Å². The number of hydrogen-bond acceptors (Lipinski definition) is 6. The van der Waals surface area contributed by atoms with Gasteiger partial charge in [-0.25, -0.2) is 9.78 Å². The lowest BCUT2D eigenvalue weighted by Gasteiger charge is -2.29. The number of carbonyl (C=O) groups is 4. The zero-order chi connectivity index (χ0) is 26.4. The molecule has 1 fully saturated rings. The number of hydrogen-bond donors (Lipinski definition) is 5. The first-order valence-corrected chi connectivity index (χ1v) is 11.8. The van der Waals surface area contributed by atoms with Crippen LogP contribution in [-0.2, 0) is 16.0 Å². The van der Waals surface area contributed by atoms with Crippen LogP contribution in [-0.4, -0.2) is 74.8 Å². The van der Waals surface area contributed by atoms with E-state index >= 15 is 0 Å². The van der Waals surface area contributed by atoms with Crippen molar-refractivity contribution in [2.24, 2.45) is 5.73 Å². The van der Waals surface area contributed by atoms with Gasteiger partial charge in [0.25, 0.3) is 5.91 Å². The molecule has 0 bridgehead atoms. The molecular formula is C25H28N8O4. The third kappa shape index (κ3) is 5.74. The molecule has 1 aliphatic rings. The first-order valence-electron chi connectivity index (χ1n) is 11.8. The van der Waals surface area contributed by atoms with Crippen LogP contribution in [0.2, 0.25) is 0 Å². The van der Waals surface area contributed by atoms with Crippen molar-refractivity contribution in [2.75, 3.05) is 13.1 Å². The number of nitrogens with two attached hydrogens (primary N) is 1. The van der Waals surface area contributed by atoms with Crippen LogP contribution < -0.4 is 21.7 Å². The second kappa shape index (κ2) is 11.3. The molecule has 0 radical (unpaired) electrons. The monoisotopic (exact) mass is 504 g/mol. The second-order valence-electron chi connectivity index (χ2n) is 8.60. The quantitative estimate of drug-likeness (QED) is 0.261. The van der Waals surface area contributed by atoms with E-state index in [1.165, 1.54) is 29.6 Å². The lowest BCUT2D eigenvalue weighted by molar-refractivity contribution is -0.130. The van der Waals surface area contributed by atoms with Crippen molar-refractivity contribution in [3.05, 3.63) is 73.0 Å². The lowest BCUT2D eigenvalue weighted by Crippen LogP contribution is -2.59. The summed E-state index contributed by atoms with van der Waals surface area (Å²) in [5, 5.41) is 8.94. The number of fused-ring (bicyclic) bond motifs is 1. The van der Waals surface area contributed by atoms with E-state index in [0.717, 1.165) is 16.5 Å². The number of rotatable bonds is 9. The molecule has 0 saturated carbocycles. The Bertz CT molecular complexity index is 1310. The minimum absolute atomic E-state index is 0.0577. The topological polar surface area (TPSA) is 175 Å². The highest BCUT2D eigenvalue weighted by Crippen LogP contribution is 2.22. The van der Waals surface area contributed by atoms with Gasteiger partial charge < -0.3 is 31.6 Å². The Morgan fingerprint density at radius 2 is 2.05 bits per heavy atom. The fourth-order valence-corrected chi connectivity index (χ4v) is 4.44. The van der Waals surface area contributed by atoms with E-state index in [9.17, 15) is 19.2 Å². The zero-order valence-corrected chi connectivity index (χ0v) is 20.0. The highest BCUT2D eigenvalue weighted by atomic mass is 16.2. The molecule has 3 atom stereocenters. The van der Waals surface area contributed by atoms with E-state index in [2.05, 4.69) is 37.5 Å². The van der Waals surface area contributed by atoms with E-state index in [-0.39, 0.29) is 25.2 Å². The van der Waals surface area contributed by atoms with Gasteiger partial charge in [0.15, 0.2) is 0 Å². The van der Waals surface area contributed by atoms with Crippen LogP contribution in [0.5, 0.6) is 0 Å². The molecule has 6 N–H and O–H groups in total. The predicted molar refractivity (Wildman–Crippen MR) is 135 cm³/mol. The molecule has 3 unspecified atom stereocenters. The molecule has 1 aliphatic heterocycles. The smallest absolute Gasteiger partial charge is 0.315 e. The third-order valence-corrected chi connectivity index (χ3v) is 6.19. The molecule has 2 aromatic heterocycles. The van der Waals surface area contributed by atoms with Crippen molar-refractivity contribution in [1.29, 1.82) is 0 Å². The predicted octanol–water partition coefficient (Wildman–Crippen LogP) is 0.239. The maximum Gasteiger partial charge on any atom is 0.315 e. The summed E-state index contributed by atoms with van der Waals surface area (Å²) in [6, 6.07) is 4.19. The Kier molecular flexibility index (Phi) is 7.77. The summed E-state index contributed by atoms with van der Waals surface area (Å²) >= 11 is 0. The molecule has 12 nitrogen and oxygen atoms in total. The van der Waals surface area contributed by atoms with Gasteiger partial charge in [-0.15, -0.1) is 6.58 Å². The van der Waals surface area contributed by atoms with Crippen LogP contribution in [0.4, 0.5) is 4.79 Å². The summed E-state index contributed by atoms with van der Waals surface area (Å²) in [4.78, 5) is 63.8. The number of carbonyl (C=O) groups excluding carboxylic acids is 4. The first-order chi connectivity index (χ1) is 17.9. The van der Waals surface area contributed by atoms with Gasteiger partial charge in [0.1, 0.15) is 17.8 Å². The van der Waals surface area contributed by atoms with E-state index < -0.39 is 41.9 Å².